The van der Waals surface area contributed by atoms with Crippen LogP contribution in [-0.2, 0) is 14.4 Å². The van der Waals surface area contributed by atoms with Crippen molar-refractivity contribution in [1.29, 1.82) is 0 Å². The Labute approximate surface area is 117 Å². The van der Waals surface area contributed by atoms with Gasteiger partial charge in [0.1, 0.15) is 0 Å². The van der Waals surface area contributed by atoms with Crippen molar-refractivity contribution in [2.24, 2.45) is 5.41 Å². The van der Waals surface area contributed by atoms with Gasteiger partial charge in [0.2, 0.25) is 16.9 Å². The highest BCUT2D eigenvalue weighted by Crippen LogP contribution is 2.37. The molecule has 0 radical (unpaired) electrons. The summed E-state index contributed by atoms with van der Waals surface area (Å²) in [7, 11) is 0. The van der Waals surface area contributed by atoms with E-state index in [-0.39, 0.29) is 29.1 Å². The summed E-state index contributed by atoms with van der Waals surface area (Å²) in [5, 5.41) is 16.3. The Morgan fingerprint density at radius 2 is 2.16 bits per heavy atom. The number of rotatable bonds is 4. The molecular weight excluding hydrogens is 290 g/mol. The molecule has 1 aromatic heterocycles. The summed E-state index contributed by atoms with van der Waals surface area (Å²) in [6.07, 6.45) is 0.142. The van der Waals surface area contributed by atoms with Crippen LogP contribution in [0, 0.1) is 5.41 Å². The van der Waals surface area contributed by atoms with Gasteiger partial charge in [0, 0.05) is 6.42 Å². The minimum atomic E-state index is -0.962. The predicted octanol–water partition coefficient (Wildman–Crippen LogP) is 1.00. The number of nitrogens with zero attached hydrogens (tertiary/aromatic N) is 3. The van der Waals surface area contributed by atoms with Crippen LogP contribution in [0.15, 0.2) is 4.34 Å². The van der Waals surface area contributed by atoms with E-state index in [1.54, 1.807) is 13.8 Å². The van der Waals surface area contributed by atoms with Crippen molar-refractivity contribution in [3.8, 4) is 0 Å². The number of carboxylic acids is 1. The molecule has 1 N–H and O–H groups in total. The Bertz CT molecular complexity index is 555. The molecule has 7 nitrogen and oxygen atoms in total. The monoisotopic (exact) mass is 301 g/mol. The minimum absolute atomic E-state index is 0.137. The Hall–Kier alpha value is -1.48. The molecule has 102 valence electrons. The second kappa shape index (κ2) is 4.89. The van der Waals surface area contributed by atoms with Crippen LogP contribution < -0.4 is 4.90 Å². The lowest BCUT2D eigenvalue weighted by molar-refractivity contribution is -0.134. The zero-order chi connectivity index (χ0) is 14.2. The number of hydrogen-bond donors (Lipinski definition) is 1. The summed E-state index contributed by atoms with van der Waals surface area (Å²) < 4.78 is 0.419. The van der Waals surface area contributed by atoms with E-state index in [0.29, 0.717) is 4.34 Å². The Kier molecular flexibility index (Phi) is 3.59. The molecule has 0 aromatic carbocycles. The van der Waals surface area contributed by atoms with E-state index in [2.05, 4.69) is 10.2 Å². The summed E-state index contributed by atoms with van der Waals surface area (Å²) in [6, 6.07) is 0. The van der Waals surface area contributed by atoms with Gasteiger partial charge in [-0.3, -0.25) is 14.4 Å². The topological polar surface area (TPSA) is 100 Å². The van der Waals surface area contributed by atoms with Crippen LogP contribution in [0.3, 0.4) is 0 Å². The number of imide groups is 1. The van der Waals surface area contributed by atoms with E-state index in [1.807, 2.05) is 0 Å². The van der Waals surface area contributed by atoms with Crippen molar-refractivity contribution in [3.05, 3.63) is 0 Å². The maximum absolute atomic E-state index is 12.1. The zero-order valence-electron chi connectivity index (χ0n) is 10.2. The number of aromatic nitrogens is 2. The van der Waals surface area contributed by atoms with Gasteiger partial charge < -0.3 is 5.11 Å². The van der Waals surface area contributed by atoms with Crippen LogP contribution >= 0.6 is 23.1 Å². The van der Waals surface area contributed by atoms with Crippen LogP contribution in [0.4, 0.5) is 5.13 Å². The first-order chi connectivity index (χ1) is 8.81. The van der Waals surface area contributed by atoms with Gasteiger partial charge in [0.15, 0.2) is 4.34 Å². The molecule has 1 aliphatic rings. The molecule has 1 aromatic rings. The molecule has 0 unspecified atom stereocenters. The number of carbonyl (C=O) groups excluding carboxylic acids is 2. The fourth-order valence-corrected chi connectivity index (χ4v) is 3.19. The number of thioether (sulfide) groups is 1. The van der Waals surface area contributed by atoms with Crippen LogP contribution in [-0.4, -0.2) is 38.8 Å². The number of carbonyl (C=O) groups is 3. The molecule has 0 spiro atoms. The van der Waals surface area contributed by atoms with Crippen molar-refractivity contribution >= 4 is 46.0 Å². The third-order valence-corrected chi connectivity index (χ3v) is 4.56. The Balaban J connectivity index is 2.17. The average Bonchev–Trinajstić information content (AvgIpc) is 2.81. The Morgan fingerprint density at radius 3 is 2.68 bits per heavy atom. The second-order valence-electron chi connectivity index (χ2n) is 4.63. The van der Waals surface area contributed by atoms with Gasteiger partial charge in [0.25, 0.3) is 0 Å². The van der Waals surface area contributed by atoms with E-state index in [1.165, 1.54) is 0 Å². The third-order valence-electron chi connectivity index (χ3n) is 2.53. The zero-order valence-corrected chi connectivity index (χ0v) is 11.9. The fraction of sp³-hybridized carbons (Fsp3) is 0.500. The molecule has 19 heavy (non-hydrogen) atoms. The van der Waals surface area contributed by atoms with Gasteiger partial charge in [-0.15, -0.1) is 10.2 Å². The number of aliphatic carboxylic acids is 1. The van der Waals surface area contributed by atoms with Crippen LogP contribution in [0.1, 0.15) is 20.3 Å². The molecular formula is C10H11N3O4S2. The molecule has 2 amide bonds. The summed E-state index contributed by atoms with van der Waals surface area (Å²) in [4.78, 5) is 35.3. The predicted molar refractivity (Wildman–Crippen MR) is 69.2 cm³/mol. The quantitative estimate of drug-likeness (QED) is 0.503. The van der Waals surface area contributed by atoms with Gasteiger partial charge in [-0.1, -0.05) is 36.9 Å². The number of hydrogen-bond acceptors (Lipinski definition) is 7. The minimum Gasteiger partial charge on any atom is -0.481 e. The van der Waals surface area contributed by atoms with E-state index < -0.39 is 11.4 Å². The molecule has 0 saturated carbocycles. The SMILES string of the molecule is CC1(C)CC(=O)N(c2nnc(SCC(=O)O)s2)C1=O. The normalized spacial score (nSPS) is 18.1. The molecule has 0 bridgehead atoms. The number of amides is 2. The summed E-state index contributed by atoms with van der Waals surface area (Å²) in [5.41, 5.74) is -0.725. The molecule has 2 heterocycles. The molecule has 1 aliphatic heterocycles. The molecule has 1 saturated heterocycles. The first-order valence-electron chi connectivity index (χ1n) is 5.37. The number of carboxylic acid groups (broad SMARTS) is 1. The first kappa shape index (κ1) is 13.9. The molecule has 1 fully saturated rings. The fourth-order valence-electron chi connectivity index (χ4n) is 1.62. The third kappa shape index (κ3) is 2.76. The summed E-state index contributed by atoms with van der Waals surface area (Å²) in [5.74, 6) is -1.71. The summed E-state index contributed by atoms with van der Waals surface area (Å²) in [6.45, 7) is 3.41. The highest BCUT2D eigenvalue weighted by atomic mass is 32.2. The van der Waals surface area contributed by atoms with Gasteiger partial charge >= 0.3 is 5.97 Å². The smallest absolute Gasteiger partial charge is 0.313 e. The lowest BCUT2D eigenvalue weighted by atomic mass is 9.92. The van der Waals surface area contributed by atoms with Crippen LogP contribution in [0.2, 0.25) is 0 Å². The summed E-state index contributed by atoms with van der Waals surface area (Å²) >= 11 is 2.05. The molecule has 0 aliphatic carbocycles. The van der Waals surface area contributed by atoms with Crippen molar-refractivity contribution in [3.63, 3.8) is 0 Å². The van der Waals surface area contributed by atoms with Crippen molar-refractivity contribution in [1.82, 2.24) is 10.2 Å². The van der Waals surface area contributed by atoms with Gasteiger partial charge in [-0.2, -0.15) is 0 Å². The van der Waals surface area contributed by atoms with E-state index in [0.717, 1.165) is 28.0 Å². The van der Waals surface area contributed by atoms with E-state index in [9.17, 15) is 14.4 Å². The van der Waals surface area contributed by atoms with E-state index >= 15 is 0 Å². The van der Waals surface area contributed by atoms with E-state index in [4.69, 9.17) is 5.11 Å². The number of anilines is 1. The second-order valence-corrected chi connectivity index (χ2v) is 6.81. The van der Waals surface area contributed by atoms with Gasteiger partial charge in [-0.05, 0) is 0 Å². The van der Waals surface area contributed by atoms with Crippen molar-refractivity contribution in [2.75, 3.05) is 10.7 Å². The largest absolute Gasteiger partial charge is 0.481 e. The molecule has 2 rings (SSSR count). The standard InChI is InChI=1S/C10H11N3O4S2/c1-10(2)3-5(14)13(7(10)17)8-11-12-9(19-8)18-4-6(15)16/h3-4H2,1-2H3,(H,15,16). The van der Waals surface area contributed by atoms with Crippen LogP contribution in [0.25, 0.3) is 0 Å². The lowest BCUT2D eigenvalue weighted by Gasteiger charge is -2.14. The lowest BCUT2D eigenvalue weighted by Crippen LogP contribution is -2.32. The maximum Gasteiger partial charge on any atom is 0.313 e. The van der Waals surface area contributed by atoms with Crippen molar-refractivity contribution < 1.29 is 19.5 Å². The highest BCUT2D eigenvalue weighted by Gasteiger charge is 2.46. The average molecular weight is 301 g/mol. The van der Waals surface area contributed by atoms with Crippen LogP contribution in [0.5, 0.6) is 0 Å². The molecule has 9 heteroatoms. The van der Waals surface area contributed by atoms with Crippen molar-refractivity contribution in [2.45, 2.75) is 24.6 Å². The molecule has 0 atom stereocenters. The van der Waals surface area contributed by atoms with Gasteiger partial charge in [0.05, 0.1) is 11.2 Å². The highest BCUT2D eigenvalue weighted by molar-refractivity contribution is 8.01. The first-order valence-corrected chi connectivity index (χ1v) is 7.17. The maximum atomic E-state index is 12.1. The van der Waals surface area contributed by atoms with Gasteiger partial charge in [-0.25, -0.2) is 4.90 Å². The Morgan fingerprint density at radius 1 is 1.47 bits per heavy atom.